The molecule has 1 aliphatic rings. The van der Waals surface area contributed by atoms with Crippen LogP contribution in [0.4, 0.5) is 0 Å². The smallest absolute Gasteiger partial charge is 0.254 e. The Morgan fingerprint density at radius 2 is 2.05 bits per heavy atom. The number of H-pyrrole nitrogens is 1. The minimum atomic E-state index is -0.0377. The van der Waals surface area contributed by atoms with Gasteiger partial charge >= 0.3 is 0 Å². The number of hydrogen-bond acceptors (Lipinski definition) is 4. The van der Waals surface area contributed by atoms with Crippen molar-refractivity contribution >= 4 is 0 Å². The highest BCUT2D eigenvalue weighted by Crippen LogP contribution is 2.20. The van der Waals surface area contributed by atoms with Crippen molar-refractivity contribution in [3.8, 4) is 17.4 Å². The summed E-state index contributed by atoms with van der Waals surface area (Å²) in [5, 5.41) is 0. The van der Waals surface area contributed by atoms with Crippen LogP contribution in [0.2, 0.25) is 0 Å². The SMILES string of the molecule is COc1cccc(-c2nc3c(c(=O)[nH]2)CCCC3)n1. The van der Waals surface area contributed by atoms with Gasteiger partial charge in [-0.3, -0.25) is 4.79 Å². The second kappa shape index (κ2) is 4.84. The lowest BCUT2D eigenvalue weighted by molar-refractivity contribution is 0.398. The minimum absolute atomic E-state index is 0.0377. The van der Waals surface area contributed by atoms with Gasteiger partial charge in [-0.15, -0.1) is 0 Å². The second-order valence-electron chi connectivity index (χ2n) is 4.61. The third kappa shape index (κ3) is 2.23. The fourth-order valence-corrected chi connectivity index (χ4v) is 2.38. The molecule has 0 spiro atoms. The van der Waals surface area contributed by atoms with E-state index in [1.165, 1.54) is 0 Å². The largest absolute Gasteiger partial charge is 0.481 e. The molecule has 2 aromatic heterocycles. The van der Waals surface area contributed by atoms with Crippen molar-refractivity contribution < 1.29 is 4.74 Å². The first-order chi connectivity index (χ1) is 9.28. The molecule has 0 radical (unpaired) electrons. The fourth-order valence-electron chi connectivity index (χ4n) is 2.38. The monoisotopic (exact) mass is 257 g/mol. The van der Waals surface area contributed by atoms with Crippen LogP contribution in [0.25, 0.3) is 11.5 Å². The zero-order valence-electron chi connectivity index (χ0n) is 10.8. The fraction of sp³-hybridized carbons (Fsp3) is 0.357. The zero-order chi connectivity index (χ0) is 13.2. The van der Waals surface area contributed by atoms with Crippen LogP contribution in [0.15, 0.2) is 23.0 Å². The predicted octanol–water partition coefficient (Wildman–Crippen LogP) is 1.72. The van der Waals surface area contributed by atoms with Crippen molar-refractivity contribution in [2.45, 2.75) is 25.7 Å². The Morgan fingerprint density at radius 3 is 2.89 bits per heavy atom. The highest BCUT2D eigenvalue weighted by atomic mass is 16.5. The van der Waals surface area contributed by atoms with Crippen molar-refractivity contribution in [3.05, 3.63) is 39.8 Å². The van der Waals surface area contributed by atoms with E-state index < -0.39 is 0 Å². The molecule has 0 amide bonds. The predicted molar refractivity (Wildman–Crippen MR) is 71.3 cm³/mol. The molecule has 0 unspecified atom stereocenters. The molecule has 0 saturated heterocycles. The van der Waals surface area contributed by atoms with E-state index in [1.807, 2.05) is 12.1 Å². The normalized spacial score (nSPS) is 13.9. The number of nitrogens with one attached hydrogen (secondary N) is 1. The third-order valence-electron chi connectivity index (χ3n) is 3.37. The number of nitrogens with zero attached hydrogens (tertiary/aromatic N) is 2. The summed E-state index contributed by atoms with van der Waals surface area (Å²) in [5.74, 6) is 1.03. The minimum Gasteiger partial charge on any atom is -0.481 e. The van der Waals surface area contributed by atoms with Gasteiger partial charge in [-0.1, -0.05) is 6.07 Å². The number of rotatable bonds is 2. The summed E-state index contributed by atoms with van der Waals surface area (Å²) in [5.41, 5.74) is 2.33. The molecule has 5 heteroatoms. The first-order valence-electron chi connectivity index (χ1n) is 6.41. The molecule has 2 aromatic rings. The lowest BCUT2D eigenvalue weighted by Gasteiger charge is -2.14. The highest BCUT2D eigenvalue weighted by Gasteiger charge is 2.16. The van der Waals surface area contributed by atoms with Crippen LogP contribution in [0.3, 0.4) is 0 Å². The molecule has 0 bridgehead atoms. The highest BCUT2D eigenvalue weighted by molar-refractivity contribution is 5.50. The first-order valence-corrected chi connectivity index (χ1v) is 6.41. The Morgan fingerprint density at radius 1 is 1.21 bits per heavy atom. The molecule has 98 valence electrons. The van der Waals surface area contributed by atoms with E-state index in [0.29, 0.717) is 17.4 Å². The average molecular weight is 257 g/mol. The summed E-state index contributed by atoms with van der Waals surface area (Å²) in [6.07, 6.45) is 3.85. The van der Waals surface area contributed by atoms with Crippen molar-refractivity contribution in [1.29, 1.82) is 0 Å². The van der Waals surface area contributed by atoms with Gasteiger partial charge in [0, 0.05) is 11.6 Å². The molecule has 1 aliphatic carbocycles. The Labute approximate surface area is 110 Å². The van der Waals surface area contributed by atoms with E-state index in [2.05, 4.69) is 15.0 Å². The van der Waals surface area contributed by atoms with Crippen molar-refractivity contribution in [1.82, 2.24) is 15.0 Å². The molecule has 1 N–H and O–H groups in total. The summed E-state index contributed by atoms with van der Waals surface area (Å²) in [7, 11) is 1.56. The van der Waals surface area contributed by atoms with Crippen LogP contribution >= 0.6 is 0 Å². The van der Waals surface area contributed by atoms with Crippen molar-refractivity contribution in [3.63, 3.8) is 0 Å². The van der Waals surface area contributed by atoms with E-state index in [0.717, 1.165) is 36.9 Å². The Balaban J connectivity index is 2.10. The summed E-state index contributed by atoms with van der Waals surface area (Å²) < 4.78 is 5.09. The summed E-state index contributed by atoms with van der Waals surface area (Å²) in [6.45, 7) is 0. The van der Waals surface area contributed by atoms with Gasteiger partial charge in [0.1, 0.15) is 5.69 Å². The maximum atomic E-state index is 12.1. The molecule has 0 aromatic carbocycles. The second-order valence-corrected chi connectivity index (χ2v) is 4.61. The molecule has 0 fully saturated rings. The molecule has 2 heterocycles. The molecule has 19 heavy (non-hydrogen) atoms. The number of hydrogen-bond donors (Lipinski definition) is 1. The lowest BCUT2D eigenvalue weighted by Crippen LogP contribution is -2.21. The van der Waals surface area contributed by atoms with E-state index in [1.54, 1.807) is 13.2 Å². The Hall–Kier alpha value is -2.17. The molecule has 0 aliphatic heterocycles. The maximum Gasteiger partial charge on any atom is 0.254 e. The van der Waals surface area contributed by atoms with Gasteiger partial charge in [0.15, 0.2) is 5.82 Å². The number of aromatic nitrogens is 3. The average Bonchev–Trinajstić information content (AvgIpc) is 2.47. The maximum absolute atomic E-state index is 12.1. The molecule has 3 rings (SSSR count). The van der Waals surface area contributed by atoms with Crippen LogP contribution in [-0.4, -0.2) is 22.1 Å². The van der Waals surface area contributed by atoms with Gasteiger partial charge in [0.05, 0.1) is 12.8 Å². The third-order valence-corrected chi connectivity index (χ3v) is 3.37. The Kier molecular flexibility index (Phi) is 3.03. The number of pyridine rings is 1. The standard InChI is InChI=1S/C14H15N3O2/c1-19-12-8-4-7-11(15-12)13-16-10-6-3-2-5-9(10)14(18)17-13/h4,7-8H,2-3,5-6H2,1H3,(H,16,17,18). The Bertz CT molecular complexity index is 664. The van der Waals surface area contributed by atoms with Crippen molar-refractivity contribution in [2.75, 3.05) is 7.11 Å². The molecule has 0 atom stereocenters. The van der Waals surface area contributed by atoms with Gasteiger partial charge in [-0.05, 0) is 31.7 Å². The summed E-state index contributed by atoms with van der Waals surface area (Å²) in [6, 6.07) is 5.41. The van der Waals surface area contributed by atoms with Crippen LogP contribution in [0.5, 0.6) is 5.88 Å². The van der Waals surface area contributed by atoms with Gasteiger partial charge in [-0.2, -0.15) is 0 Å². The number of aromatic amines is 1. The summed E-state index contributed by atoms with van der Waals surface area (Å²) in [4.78, 5) is 23.7. The lowest BCUT2D eigenvalue weighted by atomic mass is 9.97. The van der Waals surface area contributed by atoms with Crippen LogP contribution in [0, 0.1) is 0 Å². The molecular weight excluding hydrogens is 242 g/mol. The molecular formula is C14H15N3O2. The number of fused-ring (bicyclic) bond motifs is 1. The van der Waals surface area contributed by atoms with Gasteiger partial charge in [0.25, 0.3) is 5.56 Å². The van der Waals surface area contributed by atoms with E-state index in [9.17, 15) is 4.79 Å². The topological polar surface area (TPSA) is 67.9 Å². The van der Waals surface area contributed by atoms with Crippen LogP contribution in [-0.2, 0) is 12.8 Å². The number of methoxy groups -OCH3 is 1. The number of ether oxygens (including phenoxy) is 1. The quantitative estimate of drug-likeness (QED) is 0.889. The summed E-state index contributed by atoms with van der Waals surface area (Å²) >= 11 is 0. The van der Waals surface area contributed by atoms with Gasteiger partial charge in [-0.25, -0.2) is 9.97 Å². The van der Waals surface area contributed by atoms with Crippen LogP contribution in [0.1, 0.15) is 24.1 Å². The first kappa shape index (κ1) is 11.9. The van der Waals surface area contributed by atoms with Crippen molar-refractivity contribution in [2.24, 2.45) is 0 Å². The molecule has 0 saturated carbocycles. The zero-order valence-corrected chi connectivity index (χ0v) is 10.8. The van der Waals surface area contributed by atoms with E-state index >= 15 is 0 Å². The number of aryl methyl sites for hydroxylation is 1. The van der Waals surface area contributed by atoms with E-state index in [-0.39, 0.29) is 5.56 Å². The van der Waals surface area contributed by atoms with Crippen LogP contribution < -0.4 is 10.3 Å². The van der Waals surface area contributed by atoms with E-state index in [4.69, 9.17) is 4.74 Å². The van der Waals surface area contributed by atoms with Gasteiger partial charge in [0.2, 0.25) is 5.88 Å². The van der Waals surface area contributed by atoms with Gasteiger partial charge < -0.3 is 9.72 Å². The molecule has 5 nitrogen and oxygen atoms in total.